The number of nitro groups is 1. The molecule has 0 spiro atoms. The van der Waals surface area contributed by atoms with E-state index in [-0.39, 0.29) is 17.0 Å². The fourth-order valence-electron chi connectivity index (χ4n) is 2.62. The Morgan fingerprint density at radius 2 is 1.78 bits per heavy atom. The average molecular weight is 498 g/mol. The zero-order chi connectivity index (χ0) is 23.1. The number of ether oxygens (including phenoxy) is 2. The number of amides is 1. The molecule has 9 nitrogen and oxygen atoms in total. The number of nitro benzene ring substituents is 1. The lowest BCUT2D eigenvalue weighted by atomic mass is 10.2. The Labute approximate surface area is 190 Å². The maximum atomic E-state index is 12.3. The first-order chi connectivity index (χ1) is 15.4. The van der Waals surface area contributed by atoms with Crippen LogP contribution < -0.4 is 14.9 Å². The van der Waals surface area contributed by atoms with Gasteiger partial charge >= 0.3 is 5.97 Å². The highest BCUT2D eigenvalue weighted by Gasteiger charge is 2.14. The van der Waals surface area contributed by atoms with Crippen LogP contribution in [0.4, 0.5) is 5.69 Å². The second-order valence-electron chi connectivity index (χ2n) is 6.28. The van der Waals surface area contributed by atoms with E-state index in [9.17, 15) is 19.7 Å². The van der Waals surface area contributed by atoms with Crippen molar-refractivity contribution in [2.45, 2.75) is 0 Å². The second-order valence-corrected chi connectivity index (χ2v) is 7.14. The number of hydrogen-bond donors (Lipinski definition) is 1. The van der Waals surface area contributed by atoms with Crippen LogP contribution in [0.25, 0.3) is 0 Å². The molecule has 0 bridgehead atoms. The van der Waals surface area contributed by atoms with E-state index in [1.807, 2.05) is 0 Å². The van der Waals surface area contributed by atoms with Crippen LogP contribution in [0.15, 0.2) is 76.3 Å². The fraction of sp³-hybridized carbons (Fsp3) is 0.0455. The summed E-state index contributed by atoms with van der Waals surface area (Å²) in [6, 6.07) is 16.7. The number of nitrogens with zero attached hydrogens (tertiary/aromatic N) is 2. The van der Waals surface area contributed by atoms with Crippen molar-refractivity contribution in [1.29, 1.82) is 0 Å². The Hall–Kier alpha value is -4.05. The van der Waals surface area contributed by atoms with E-state index < -0.39 is 16.8 Å². The van der Waals surface area contributed by atoms with E-state index in [2.05, 4.69) is 26.5 Å². The Morgan fingerprint density at radius 1 is 1.06 bits per heavy atom. The Bertz CT molecular complexity index is 1190. The van der Waals surface area contributed by atoms with Gasteiger partial charge in [0, 0.05) is 12.1 Å². The summed E-state index contributed by atoms with van der Waals surface area (Å²) in [5.41, 5.74) is 3.46. The molecule has 0 radical (unpaired) electrons. The third kappa shape index (κ3) is 5.55. The van der Waals surface area contributed by atoms with E-state index in [1.54, 1.807) is 42.5 Å². The van der Waals surface area contributed by atoms with Crippen LogP contribution >= 0.6 is 15.9 Å². The van der Waals surface area contributed by atoms with Gasteiger partial charge in [0.05, 0.1) is 33.8 Å². The molecule has 162 valence electrons. The summed E-state index contributed by atoms with van der Waals surface area (Å²) in [6.45, 7) is 0. The van der Waals surface area contributed by atoms with Crippen molar-refractivity contribution >= 4 is 39.7 Å². The summed E-state index contributed by atoms with van der Waals surface area (Å²) in [5.74, 6) is -0.400. The fourth-order valence-corrected chi connectivity index (χ4v) is 3.09. The first kappa shape index (κ1) is 22.6. The minimum Gasteiger partial charge on any atom is -0.496 e. The van der Waals surface area contributed by atoms with Gasteiger partial charge in [-0.15, -0.1) is 0 Å². The van der Waals surface area contributed by atoms with E-state index in [0.717, 1.165) is 0 Å². The molecular formula is C22H16BrN3O6. The molecule has 0 saturated heterocycles. The number of hydrogen-bond acceptors (Lipinski definition) is 7. The molecule has 3 aromatic rings. The number of hydrazone groups is 1. The van der Waals surface area contributed by atoms with E-state index >= 15 is 0 Å². The molecule has 0 atom stereocenters. The standard InChI is InChI=1S/C22H16BrN3O6/c1-31-19-5-3-2-4-17(19)21(27)25-24-13-14-6-11-20(18(23)12-14)32-22(28)15-7-9-16(10-8-15)26(29)30/h2-13H,1H3,(H,25,27). The molecular weight excluding hydrogens is 482 g/mol. The Morgan fingerprint density at radius 3 is 2.44 bits per heavy atom. The van der Waals surface area contributed by atoms with Gasteiger partial charge in [-0.05, 0) is 64.0 Å². The number of methoxy groups -OCH3 is 1. The van der Waals surface area contributed by atoms with Gasteiger partial charge in [-0.2, -0.15) is 5.10 Å². The highest BCUT2D eigenvalue weighted by Crippen LogP contribution is 2.26. The molecule has 3 rings (SSSR count). The number of carbonyl (C=O) groups is 2. The molecule has 32 heavy (non-hydrogen) atoms. The van der Waals surface area contributed by atoms with Gasteiger partial charge in [0.15, 0.2) is 0 Å². The summed E-state index contributed by atoms with van der Waals surface area (Å²) in [4.78, 5) is 34.7. The summed E-state index contributed by atoms with van der Waals surface area (Å²) >= 11 is 3.32. The number of esters is 1. The van der Waals surface area contributed by atoms with Gasteiger partial charge in [-0.1, -0.05) is 12.1 Å². The van der Waals surface area contributed by atoms with Crippen LogP contribution in [-0.4, -0.2) is 30.1 Å². The largest absolute Gasteiger partial charge is 0.496 e. The van der Waals surface area contributed by atoms with Gasteiger partial charge in [0.1, 0.15) is 11.5 Å². The third-order valence-corrected chi connectivity index (χ3v) is 4.82. The van der Waals surface area contributed by atoms with Crippen molar-refractivity contribution in [3.8, 4) is 11.5 Å². The summed E-state index contributed by atoms with van der Waals surface area (Å²) in [5, 5.41) is 14.6. The molecule has 0 heterocycles. The maximum absolute atomic E-state index is 12.3. The molecule has 10 heteroatoms. The van der Waals surface area contributed by atoms with Crippen LogP contribution in [0.1, 0.15) is 26.3 Å². The smallest absolute Gasteiger partial charge is 0.343 e. The third-order valence-electron chi connectivity index (χ3n) is 4.20. The van der Waals surface area contributed by atoms with Gasteiger partial charge in [-0.25, -0.2) is 10.2 Å². The Balaban J connectivity index is 1.63. The molecule has 3 aromatic carbocycles. The predicted octanol–water partition coefficient (Wildman–Crippen LogP) is 4.35. The molecule has 1 N–H and O–H groups in total. The zero-order valence-electron chi connectivity index (χ0n) is 16.7. The van der Waals surface area contributed by atoms with Crippen molar-refractivity contribution in [3.63, 3.8) is 0 Å². The van der Waals surface area contributed by atoms with Crippen LogP contribution in [0.3, 0.4) is 0 Å². The minimum absolute atomic E-state index is 0.121. The van der Waals surface area contributed by atoms with Crippen molar-refractivity contribution < 1.29 is 24.0 Å². The number of nitrogens with one attached hydrogen (secondary N) is 1. The second kappa shape index (κ2) is 10.3. The zero-order valence-corrected chi connectivity index (χ0v) is 18.2. The summed E-state index contributed by atoms with van der Waals surface area (Å²) < 4.78 is 11.0. The number of benzene rings is 3. The molecule has 0 aliphatic heterocycles. The number of non-ortho nitro benzene ring substituents is 1. The SMILES string of the molecule is COc1ccccc1C(=O)NN=Cc1ccc(OC(=O)c2ccc([N+](=O)[O-])cc2)c(Br)c1. The average Bonchev–Trinajstić information content (AvgIpc) is 2.80. The van der Waals surface area contributed by atoms with Crippen LogP contribution in [-0.2, 0) is 0 Å². The normalized spacial score (nSPS) is 10.6. The number of para-hydroxylation sites is 1. The predicted molar refractivity (Wildman–Crippen MR) is 120 cm³/mol. The van der Waals surface area contributed by atoms with Crippen molar-refractivity contribution in [2.75, 3.05) is 7.11 Å². The first-order valence-corrected chi connectivity index (χ1v) is 9.91. The Kier molecular flexibility index (Phi) is 7.29. The minimum atomic E-state index is -0.661. The molecule has 0 aromatic heterocycles. The van der Waals surface area contributed by atoms with E-state index in [0.29, 0.717) is 21.3 Å². The van der Waals surface area contributed by atoms with Gasteiger partial charge in [-0.3, -0.25) is 14.9 Å². The van der Waals surface area contributed by atoms with E-state index in [4.69, 9.17) is 9.47 Å². The molecule has 0 unspecified atom stereocenters. The summed E-state index contributed by atoms with van der Waals surface area (Å²) in [6.07, 6.45) is 1.43. The molecule has 0 aliphatic rings. The lowest BCUT2D eigenvalue weighted by Crippen LogP contribution is -2.18. The summed E-state index contributed by atoms with van der Waals surface area (Å²) in [7, 11) is 1.48. The molecule has 0 saturated carbocycles. The first-order valence-electron chi connectivity index (χ1n) is 9.11. The lowest BCUT2D eigenvalue weighted by molar-refractivity contribution is -0.384. The molecule has 0 aliphatic carbocycles. The maximum Gasteiger partial charge on any atom is 0.343 e. The van der Waals surface area contributed by atoms with Crippen LogP contribution in [0, 0.1) is 10.1 Å². The van der Waals surface area contributed by atoms with Crippen molar-refractivity contribution in [2.24, 2.45) is 5.10 Å². The monoisotopic (exact) mass is 497 g/mol. The molecule has 1 amide bonds. The van der Waals surface area contributed by atoms with Crippen molar-refractivity contribution in [1.82, 2.24) is 5.43 Å². The molecule has 0 fully saturated rings. The van der Waals surface area contributed by atoms with Crippen LogP contribution in [0.2, 0.25) is 0 Å². The number of carbonyl (C=O) groups excluding carboxylic acids is 2. The lowest BCUT2D eigenvalue weighted by Gasteiger charge is -2.07. The van der Waals surface area contributed by atoms with Gasteiger partial charge in [0.25, 0.3) is 11.6 Å². The highest BCUT2D eigenvalue weighted by atomic mass is 79.9. The quantitative estimate of drug-likeness (QED) is 0.170. The van der Waals surface area contributed by atoms with E-state index in [1.165, 1.54) is 37.6 Å². The number of halogens is 1. The highest BCUT2D eigenvalue weighted by molar-refractivity contribution is 9.10. The van der Waals surface area contributed by atoms with Crippen molar-refractivity contribution in [3.05, 3.63) is 98.0 Å². The van der Waals surface area contributed by atoms with Gasteiger partial charge < -0.3 is 9.47 Å². The van der Waals surface area contributed by atoms with Crippen LogP contribution in [0.5, 0.6) is 11.5 Å². The topological polar surface area (TPSA) is 120 Å². The van der Waals surface area contributed by atoms with Gasteiger partial charge in [0.2, 0.25) is 0 Å². The number of rotatable bonds is 7.